The Hall–Kier alpha value is -1.27. The van der Waals surface area contributed by atoms with Crippen molar-refractivity contribution in [3.63, 3.8) is 0 Å². The summed E-state index contributed by atoms with van der Waals surface area (Å²) in [7, 11) is 0. The highest BCUT2D eigenvalue weighted by Crippen LogP contribution is 2.24. The molecule has 6 heteroatoms. The van der Waals surface area contributed by atoms with Gasteiger partial charge in [-0.1, -0.05) is 35.2 Å². The fourth-order valence-electron chi connectivity index (χ4n) is 1.42. The molecule has 4 nitrogen and oxygen atoms in total. The van der Waals surface area contributed by atoms with Gasteiger partial charge in [0, 0.05) is 5.75 Å². The molecule has 0 unspecified atom stereocenters. The number of benzene rings is 1. The van der Waals surface area contributed by atoms with E-state index < -0.39 is 0 Å². The molecule has 96 valence electrons. The van der Waals surface area contributed by atoms with Crippen LogP contribution in [-0.2, 0) is 0 Å². The molecule has 2 rings (SSSR count). The van der Waals surface area contributed by atoms with Gasteiger partial charge in [0.05, 0.1) is 6.61 Å². The Bertz CT molecular complexity index is 528. The molecule has 0 aliphatic rings. The number of hydrogen-bond acceptors (Lipinski definition) is 6. The van der Waals surface area contributed by atoms with Gasteiger partial charge in [-0.25, -0.2) is 0 Å². The fraction of sp³-hybridized carbons (Fsp3) is 0.333. The average molecular weight is 281 g/mol. The summed E-state index contributed by atoms with van der Waals surface area (Å²) in [6, 6.07) is 6.22. The van der Waals surface area contributed by atoms with Crippen molar-refractivity contribution in [1.82, 2.24) is 10.2 Å². The lowest BCUT2D eigenvalue weighted by atomic mass is 10.1. The first kappa shape index (κ1) is 13.2. The highest BCUT2D eigenvalue weighted by atomic mass is 32.2. The van der Waals surface area contributed by atoms with Crippen LogP contribution in [0.15, 0.2) is 22.5 Å². The summed E-state index contributed by atoms with van der Waals surface area (Å²) in [6.45, 7) is 4.76. The molecule has 0 radical (unpaired) electrons. The Morgan fingerprint density at radius 2 is 2.17 bits per heavy atom. The van der Waals surface area contributed by atoms with Crippen molar-refractivity contribution in [3.05, 3.63) is 29.3 Å². The minimum Gasteiger partial charge on any atom is -0.492 e. The van der Waals surface area contributed by atoms with Gasteiger partial charge in [-0.15, -0.1) is 10.2 Å². The topological polar surface area (TPSA) is 61.0 Å². The summed E-state index contributed by atoms with van der Waals surface area (Å²) >= 11 is 3.01. The largest absolute Gasteiger partial charge is 0.492 e. The zero-order chi connectivity index (χ0) is 13.0. The lowest BCUT2D eigenvalue weighted by Gasteiger charge is -2.09. The summed E-state index contributed by atoms with van der Waals surface area (Å²) < 4.78 is 6.64. The van der Waals surface area contributed by atoms with E-state index in [-0.39, 0.29) is 0 Å². The maximum absolute atomic E-state index is 5.75. The number of aryl methyl sites for hydroxylation is 2. The fourth-order valence-corrected chi connectivity index (χ4v) is 2.95. The van der Waals surface area contributed by atoms with Gasteiger partial charge in [0.15, 0.2) is 4.34 Å². The molecule has 1 heterocycles. The molecule has 0 atom stereocenters. The first-order valence-electron chi connectivity index (χ1n) is 5.57. The molecule has 2 aromatic rings. The van der Waals surface area contributed by atoms with Crippen LogP contribution >= 0.6 is 23.1 Å². The van der Waals surface area contributed by atoms with E-state index in [1.807, 2.05) is 6.92 Å². The number of nitrogens with two attached hydrogens (primary N) is 1. The molecule has 0 fully saturated rings. The second-order valence-electron chi connectivity index (χ2n) is 3.87. The number of aromatic nitrogens is 2. The van der Waals surface area contributed by atoms with E-state index in [4.69, 9.17) is 10.5 Å². The normalized spacial score (nSPS) is 10.6. The molecule has 0 aliphatic carbocycles. The molecule has 0 saturated carbocycles. The predicted molar refractivity (Wildman–Crippen MR) is 76.5 cm³/mol. The lowest BCUT2D eigenvalue weighted by molar-refractivity contribution is 0.341. The van der Waals surface area contributed by atoms with Gasteiger partial charge in [0.2, 0.25) is 5.13 Å². The number of nitrogen functional groups attached to an aromatic ring is 1. The molecule has 0 bridgehead atoms. The third-order valence-corrected chi connectivity index (χ3v) is 4.18. The molecule has 0 aliphatic heterocycles. The monoisotopic (exact) mass is 281 g/mol. The van der Waals surface area contributed by atoms with Crippen molar-refractivity contribution < 1.29 is 4.74 Å². The van der Waals surface area contributed by atoms with Gasteiger partial charge in [-0.2, -0.15) is 0 Å². The Morgan fingerprint density at radius 1 is 1.33 bits per heavy atom. The van der Waals surface area contributed by atoms with Crippen LogP contribution in [0.1, 0.15) is 11.1 Å². The summed E-state index contributed by atoms with van der Waals surface area (Å²) in [5, 5.41) is 8.21. The van der Waals surface area contributed by atoms with Crippen molar-refractivity contribution in [2.45, 2.75) is 18.2 Å². The minimum atomic E-state index is 0.507. The zero-order valence-electron chi connectivity index (χ0n) is 10.3. The molecule has 1 aromatic carbocycles. The molecule has 2 N–H and O–H groups in total. The van der Waals surface area contributed by atoms with Crippen LogP contribution in [0.4, 0.5) is 5.13 Å². The minimum absolute atomic E-state index is 0.507. The molecule has 0 amide bonds. The van der Waals surface area contributed by atoms with Gasteiger partial charge in [0.25, 0.3) is 0 Å². The summed E-state index contributed by atoms with van der Waals surface area (Å²) in [5.74, 6) is 1.79. The SMILES string of the molecule is Cc1ccc(C)c(OCCSc2nnc(N)s2)c1. The standard InChI is InChI=1S/C12H15N3OS2/c1-8-3-4-9(2)10(7-8)16-5-6-17-12-15-14-11(13)18-12/h3-4,7H,5-6H2,1-2H3,(H2,13,14). The van der Waals surface area contributed by atoms with Crippen molar-refractivity contribution in [2.75, 3.05) is 18.1 Å². The van der Waals surface area contributed by atoms with Gasteiger partial charge in [0.1, 0.15) is 5.75 Å². The quantitative estimate of drug-likeness (QED) is 0.674. The van der Waals surface area contributed by atoms with Crippen LogP contribution in [0.3, 0.4) is 0 Å². The Labute approximate surface area is 115 Å². The van der Waals surface area contributed by atoms with Crippen molar-refractivity contribution >= 4 is 28.2 Å². The first-order chi connectivity index (χ1) is 8.65. The molecule has 0 spiro atoms. The van der Waals surface area contributed by atoms with Gasteiger partial charge < -0.3 is 10.5 Å². The van der Waals surface area contributed by atoms with E-state index in [0.717, 1.165) is 21.4 Å². The van der Waals surface area contributed by atoms with Gasteiger partial charge in [-0.05, 0) is 31.0 Å². The van der Waals surface area contributed by atoms with E-state index >= 15 is 0 Å². The van der Waals surface area contributed by atoms with Crippen LogP contribution in [0, 0.1) is 13.8 Å². The number of hydrogen-bond donors (Lipinski definition) is 1. The third kappa shape index (κ3) is 3.61. The highest BCUT2D eigenvalue weighted by Gasteiger charge is 2.03. The molecular formula is C12H15N3OS2. The summed E-state index contributed by atoms with van der Waals surface area (Å²) in [6.07, 6.45) is 0. The van der Waals surface area contributed by atoms with E-state index in [1.165, 1.54) is 16.9 Å². The van der Waals surface area contributed by atoms with Crippen LogP contribution in [0.25, 0.3) is 0 Å². The third-order valence-electron chi connectivity index (χ3n) is 2.33. The van der Waals surface area contributed by atoms with Gasteiger partial charge in [-0.3, -0.25) is 0 Å². The first-order valence-corrected chi connectivity index (χ1v) is 7.37. The van der Waals surface area contributed by atoms with Crippen LogP contribution in [0.2, 0.25) is 0 Å². The van der Waals surface area contributed by atoms with Crippen molar-refractivity contribution in [3.8, 4) is 5.75 Å². The van der Waals surface area contributed by atoms with E-state index in [1.54, 1.807) is 11.8 Å². The maximum Gasteiger partial charge on any atom is 0.203 e. The Kier molecular flexibility index (Phi) is 4.43. The second kappa shape index (κ2) is 6.06. The number of thioether (sulfide) groups is 1. The Morgan fingerprint density at radius 3 is 2.89 bits per heavy atom. The smallest absolute Gasteiger partial charge is 0.203 e. The summed E-state index contributed by atoms with van der Waals surface area (Å²) in [5.41, 5.74) is 7.88. The highest BCUT2D eigenvalue weighted by molar-refractivity contribution is 8.01. The van der Waals surface area contributed by atoms with E-state index in [9.17, 15) is 0 Å². The number of nitrogens with zero attached hydrogens (tertiary/aromatic N) is 2. The zero-order valence-corrected chi connectivity index (χ0v) is 12.0. The summed E-state index contributed by atoms with van der Waals surface area (Å²) in [4.78, 5) is 0. The molecular weight excluding hydrogens is 266 g/mol. The Balaban J connectivity index is 1.80. The van der Waals surface area contributed by atoms with Gasteiger partial charge >= 0.3 is 0 Å². The number of anilines is 1. The van der Waals surface area contributed by atoms with E-state index in [0.29, 0.717) is 11.7 Å². The van der Waals surface area contributed by atoms with Crippen molar-refractivity contribution in [2.24, 2.45) is 0 Å². The molecule has 0 saturated heterocycles. The lowest BCUT2D eigenvalue weighted by Crippen LogP contribution is -2.01. The number of ether oxygens (including phenoxy) is 1. The number of rotatable bonds is 5. The van der Waals surface area contributed by atoms with Crippen LogP contribution in [-0.4, -0.2) is 22.6 Å². The second-order valence-corrected chi connectivity index (χ2v) is 6.22. The molecule has 18 heavy (non-hydrogen) atoms. The predicted octanol–water partition coefficient (Wildman–Crippen LogP) is 2.91. The molecule has 1 aromatic heterocycles. The van der Waals surface area contributed by atoms with E-state index in [2.05, 4.69) is 35.3 Å². The average Bonchev–Trinajstić information content (AvgIpc) is 2.75. The van der Waals surface area contributed by atoms with Crippen LogP contribution < -0.4 is 10.5 Å². The van der Waals surface area contributed by atoms with Crippen molar-refractivity contribution in [1.29, 1.82) is 0 Å². The van der Waals surface area contributed by atoms with Crippen LogP contribution in [0.5, 0.6) is 5.75 Å². The maximum atomic E-state index is 5.75.